The Morgan fingerprint density at radius 3 is 2.54 bits per heavy atom. The fourth-order valence-electron chi connectivity index (χ4n) is 0.559. The fourth-order valence-corrected chi connectivity index (χ4v) is 0.559. The van der Waals surface area contributed by atoms with Crippen molar-refractivity contribution < 1.29 is 10.1 Å². The molecule has 0 aromatic carbocycles. The molecule has 1 aliphatic heterocycles. The molecule has 0 fully saturated rings. The van der Waals surface area contributed by atoms with E-state index in [0.29, 0.717) is 0 Å². The molecule has 0 aliphatic carbocycles. The molecule has 11 heteroatoms. The van der Waals surface area contributed by atoms with Crippen molar-refractivity contribution in [2.45, 2.75) is 6.29 Å². The van der Waals surface area contributed by atoms with Crippen LogP contribution in [0.25, 0.3) is 0 Å². The van der Waals surface area contributed by atoms with E-state index in [1.807, 2.05) is 0 Å². The average molecular weight is 189 g/mol. The lowest BCUT2D eigenvalue weighted by Crippen LogP contribution is -2.31. The Kier molecular flexibility index (Phi) is 2.28. The summed E-state index contributed by atoms with van der Waals surface area (Å²) < 4.78 is 0. The first-order chi connectivity index (χ1) is 6.08. The van der Waals surface area contributed by atoms with Crippen LogP contribution in [-0.2, 0) is 0 Å². The number of guanidine groups is 1. The van der Waals surface area contributed by atoms with E-state index in [9.17, 15) is 20.2 Å². The van der Waals surface area contributed by atoms with Crippen molar-refractivity contribution in [2.24, 2.45) is 15.2 Å². The Bertz CT molecular complexity index is 295. The van der Waals surface area contributed by atoms with E-state index in [1.54, 1.807) is 10.9 Å². The first-order valence-corrected chi connectivity index (χ1v) is 2.88. The predicted molar refractivity (Wildman–Crippen MR) is 36.3 cm³/mol. The Morgan fingerprint density at radius 2 is 2.00 bits per heavy atom. The quantitative estimate of drug-likeness (QED) is 0.414. The third-order valence-corrected chi connectivity index (χ3v) is 0.919. The maximum atomic E-state index is 9.85. The van der Waals surface area contributed by atoms with Crippen LogP contribution in [0, 0.1) is 20.2 Å². The SMILES string of the molecule is O=[N+]([O-])NC1=NC(N[N+](=O)[O-])N=N1. The lowest BCUT2D eigenvalue weighted by atomic mass is 10.9. The highest BCUT2D eigenvalue weighted by atomic mass is 16.7. The molecule has 1 atom stereocenters. The largest absolute Gasteiger partial charge is 0.302 e. The number of rotatable bonds is 3. The van der Waals surface area contributed by atoms with E-state index in [-0.39, 0.29) is 5.96 Å². The Hall–Kier alpha value is -2.33. The molecular formula is C2H3N7O4. The molecule has 13 heavy (non-hydrogen) atoms. The molecule has 11 nitrogen and oxygen atoms in total. The van der Waals surface area contributed by atoms with Crippen molar-refractivity contribution >= 4 is 5.96 Å². The van der Waals surface area contributed by atoms with Gasteiger partial charge in [0.05, 0.1) is 0 Å². The number of nitrogens with one attached hydrogen (secondary N) is 2. The number of nitrogens with zero attached hydrogens (tertiary/aromatic N) is 5. The summed E-state index contributed by atoms with van der Waals surface area (Å²) in [5.74, 6) is -0.385. The summed E-state index contributed by atoms with van der Waals surface area (Å²) in [6, 6.07) is 0. The summed E-state index contributed by atoms with van der Waals surface area (Å²) in [5, 5.41) is 24.3. The van der Waals surface area contributed by atoms with Gasteiger partial charge in [0.15, 0.2) is 10.1 Å². The van der Waals surface area contributed by atoms with E-state index in [1.165, 1.54) is 0 Å². The number of hydrazine groups is 2. The van der Waals surface area contributed by atoms with Gasteiger partial charge in [0.25, 0.3) is 6.29 Å². The zero-order chi connectivity index (χ0) is 9.84. The van der Waals surface area contributed by atoms with E-state index in [2.05, 4.69) is 15.2 Å². The molecule has 0 aromatic heterocycles. The normalized spacial score (nSPS) is 19.4. The highest BCUT2D eigenvalue weighted by Gasteiger charge is 2.19. The average Bonchev–Trinajstić information content (AvgIpc) is 2.33. The molecular weight excluding hydrogens is 186 g/mol. The van der Waals surface area contributed by atoms with Gasteiger partial charge in [-0.3, -0.25) is 0 Å². The second-order valence-electron chi connectivity index (χ2n) is 1.80. The Balaban J connectivity index is 2.50. The van der Waals surface area contributed by atoms with Crippen LogP contribution in [0.3, 0.4) is 0 Å². The van der Waals surface area contributed by atoms with Crippen LogP contribution in [-0.4, -0.2) is 22.3 Å². The fraction of sp³-hybridized carbons (Fsp3) is 0.500. The Morgan fingerprint density at radius 1 is 1.31 bits per heavy atom. The summed E-state index contributed by atoms with van der Waals surface area (Å²) in [6.45, 7) is 0. The molecule has 0 amide bonds. The monoisotopic (exact) mass is 189 g/mol. The standard InChI is InChI=1S/C2H3N7O4/c10-8(11)6-1-3-2(5-4-1)7-9(12)13/h1,6H,(H,3,7). The zero-order valence-corrected chi connectivity index (χ0v) is 5.95. The minimum absolute atomic E-state index is 0.385. The molecule has 0 bridgehead atoms. The lowest BCUT2D eigenvalue weighted by molar-refractivity contribution is -0.550. The predicted octanol–water partition coefficient (Wildman–Crippen LogP) is -1.35. The van der Waals surface area contributed by atoms with Gasteiger partial charge in [0, 0.05) is 0 Å². The van der Waals surface area contributed by atoms with E-state index >= 15 is 0 Å². The minimum atomic E-state index is -1.21. The van der Waals surface area contributed by atoms with Crippen LogP contribution < -0.4 is 10.9 Å². The molecule has 2 N–H and O–H groups in total. The third-order valence-electron chi connectivity index (χ3n) is 0.919. The zero-order valence-electron chi connectivity index (χ0n) is 5.95. The van der Waals surface area contributed by atoms with E-state index in [0.717, 1.165) is 0 Å². The topological polar surface area (TPSA) is 147 Å². The van der Waals surface area contributed by atoms with Gasteiger partial charge in [-0.05, 0) is 0 Å². The molecule has 1 rings (SSSR count). The molecule has 0 saturated heterocycles. The summed E-state index contributed by atoms with van der Waals surface area (Å²) >= 11 is 0. The van der Waals surface area contributed by atoms with Crippen LogP contribution in [0.15, 0.2) is 15.2 Å². The highest BCUT2D eigenvalue weighted by Crippen LogP contribution is 1.99. The summed E-state index contributed by atoms with van der Waals surface area (Å²) in [5.41, 5.74) is 3.25. The van der Waals surface area contributed by atoms with Gasteiger partial charge >= 0.3 is 5.96 Å². The number of azo groups is 1. The lowest BCUT2D eigenvalue weighted by Gasteiger charge is -1.95. The molecule has 1 heterocycles. The second-order valence-corrected chi connectivity index (χ2v) is 1.80. The number of hydrogen-bond acceptors (Lipinski definition) is 7. The maximum absolute atomic E-state index is 9.85. The van der Waals surface area contributed by atoms with Crippen LogP contribution in [0.2, 0.25) is 0 Å². The maximum Gasteiger partial charge on any atom is 0.302 e. The van der Waals surface area contributed by atoms with Gasteiger partial charge in [-0.1, -0.05) is 10.9 Å². The van der Waals surface area contributed by atoms with Crippen molar-refractivity contribution in [1.82, 2.24) is 10.9 Å². The van der Waals surface area contributed by atoms with Gasteiger partial charge < -0.3 is 0 Å². The van der Waals surface area contributed by atoms with Crippen LogP contribution in [0.1, 0.15) is 0 Å². The highest BCUT2D eigenvalue weighted by molar-refractivity contribution is 5.80. The van der Waals surface area contributed by atoms with Gasteiger partial charge in [-0.25, -0.2) is 20.2 Å². The van der Waals surface area contributed by atoms with Crippen LogP contribution in [0.4, 0.5) is 0 Å². The molecule has 0 spiro atoms. The third kappa shape index (κ3) is 2.64. The number of aliphatic imine (C=N–C) groups is 1. The van der Waals surface area contributed by atoms with Gasteiger partial charge in [-0.15, -0.1) is 10.2 Å². The van der Waals surface area contributed by atoms with E-state index in [4.69, 9.17) is 0 Å². The second kappa shape index (κ2) is 3.38. The molecule has 1 unspecified atom stereocenters. The summed E-state index contributed by atoms with van der Waals surface area (Å²) in [4.78, 5) is 23.0. The van der Waals surface area contributed by atoms with Crippen molar-refractivity contribution in [3.63, 3.8) is 0 Å². The smallest absolute Gasteiger partial charge is 0.235 e. The first kappa shape index (κ1) is 8.76. The van der Waals surface area contributed by atoms with Crippen LogP contribution in [0.5, 0.6) is 0 Å². The van der Waals surface area contributed by atoms with Crippen LogP contribution >= 0.6 is 0 Å². The van der Waals surface area contributed by atoms with Gasteiger partial charge in [0.1, 0.15) is 0 Å². The molecule has 70 valence electrons. The molecule has 1 aliphatic rings. The Labute approximate surface area is 69.8 Å². The van der Waals surface area contributed by atoms with Crippen molar-refractivity contribution in [3.05, 3.63) is 20.2 Å². The number of nitro groups is 2. The van der Waals surface area contributed by atoms with Crippen molar-refractivity contribution in [2.75, 3.05) is 0 Å². The van der Waals surface area contributed by atoms with E-state index < -0.39 is 16.4 Å². The molecule has 0 radical (unpaired) electrons. The number of hydrogen-bond donors (Lipinski definition) is 2. The van der Waals surface area contributed by atoms with Gasteiger partial charge in [-0.2, -0.15) is 4.99 Å². The minimum Gasteiger partial charge on any atom is -0.235 e. The first-order valence-electron chi connectivity index (χ1n) is 2.88. The van der Waals surface area contributed by atoms with Gasteiger partial charge in [0.2, 0.25) is 0 Å². The summed E-state index contributed by atoms with van der Waals surface area (Å²) in [7, 11) is 0. The molecule has 0 aromatic rings. The van der Waals surface area contributed by atoms with Crippen molar-refractivity contribution in [3.8, 4) is 0 Å². The molecule has 0 saturated carbocycles. The summed E-state index contributed by atoms with van der Waals surface area (Å²) in [6.07, 6.45) is -1.21. The van der Waals surface area contributed by atoms with Crippen molar-refractivity contribution in [1.29, 1.82) is 0 Å².